The number of nitrogens with one attached hydrogen (secondary N) is 1. The quantitative estimate of drug-likeness (QED) is 0.178. The number of nitrogens with zero attached hydrogens (tertiary/aromatic N) is 1. The van der Waals surface area contributed by atoms with Crippen molar-refractivity contribution in [3.63, 3.8) is 0 Å². The third-order valence-corrected chi connectivity index (χ3v) is 2.38. The number of benzene rings is 1. The van der Waals surface area contributed by atoms with Gasteiger partial charge < -0.3 is 21.0 Å². The molecule has 9 heteroatoms. The van der Waals surface area contributed by atoms with Crippen molar-refractivity contribution in [2.45, 2.75) is 12.7 Å². The van der Waals surface area contributed by atoms with Crippen LogP contribution in [0.15, 0.2) is 23.4 Å². The van der Waals surface area contributed by atoms with Gasteiger partial charge in [-0.3, -0.25) is 0 Å². The van der Waals surface area contributed by atoms with Crippen LogP contribution in [0.3, 0.4) is 0 Å². The summed E-state index contributed by atoms with van der Waals surface area (Å²) in [7, 11) is 0. The highest BCUT2D eigenvalue weighted by atomic mass is 19.4. The van der Waals surface area contributed by atoms with E-state index in [1.165, 1.54) is 12.1 Å². The van der Waals surface area contributed by atoms with Crippen molar-refractivity contribution in [1.29, 1.82) is 0 Å². The number of hydrogen-bond donors (Lipinski definition) is 3. The summed E-state index contributed by atoms with van der Waals surface area (Å²) >= 11 is 0. The molecule has 0 bridgehead atoms. The van der Waals surface area contributed by atoms with E-state index >= 15 is 0 Å². The first-order valence-corrected chi connectivity index (χ1v) is 5.94. The maximum Gasteiger partial charge on any atom is 0.411 e. The van der Waals surface area contributed by atoms with E-state index in [-0.39, 0.29) is 31.1 Å². The van der Waals surface area contributed by atoms with Gasteiger partial charge in [-0.1, -0.05) is 5.16 Å². The smallest absolute Gasteiger partial charge is 0.409 e. The fourth-order valence-corrected chi connectivity index (χ4v) is 1.52. The minimum Gasteiger partial charge on any atom is -0.409 e. The second-order valence-electron chi connectivity index (χ2n) is 4.18. The monoisotopic (exact) mass is 309 g/mol. The van der Waals surface area contributed by atoms with Gasteiger partial charge in [-0.25, -0.2) is 4.39 Å². The summed E-state index contributed by atoms with van der Waals surface area (Å²) in [5, 5.41) is 14.1. The van der Waals surface area contributed by atoms with Crippen LogP contribution in [0.25, 0.3) is 0 Å². The minimum atomic E-state index is -4.35. The standard InChI is InChI=1S/C12H15F4N3O2/c13-10-4-8(3-9(5-10)11(17)19-20)6-18-1-2-21-7-12(14,15)16/h3-5,18,20H,1-2,6-7H2,(H2,17,19). The van der Waals surface area contributed by atoms with Crippen molar-refractivity contribution in [1.82, 2.24) is 5.32 Å². The van der Waals surface area contributed by atoms with E-state index in [9.17, 15) is 17.6 Å². The molecule has 0 amide bonds. The lowest BCUT2D eigenvalue weighted by Crippen LogP contribution is -2.24. The second-order valence-corrected chi connectivity index (χ2v) is 4.18. The van der Waals surface area contributed by atoms with Gasteiger partial charge in [0.1, 0.15) is 12.4 Å². The lowest BCUT2D eigenvalue weighted by molar-refractivity contribution is -0.173. The molecule has 0 radical (unpaired) electrons. The van der Waals surface area contributed by atoms with Crippen molar-refractivity contribution < 1.29 is 27.5 Å². The van der Waals surface area contributed by atoms with Gasteiger partial charge >= 0.3 is 6.18 Å². The Morgan fingerprint density at radius 3 is 2.67 bits per heavy atom. The fourth-order valence-electron chi connectivity index (χ4n) is 1.52. The first-order chi connectivity index (χ1) is 9.81. The molecular weight excluding hydrogens is 294 g/mol. The van der Waals surface area contributed by atoms with Crippen LogP contribution >= 0.6 is 0 Å². The van der Waals surface area contributed by atoms with Crippen LogP contribution in [0.4, 0.5) is 17.6 Å². The topological polar surface area (TPSA) is 79.9 Å². The van der Waals surface area contributed by atoms with E-state index < -0.39 is 18.6 Å². The summed E-state index contributed by atoms with van der Waals surface area (Å²) in [6, 6.07) is 3.84. The summed E-state index contributed by atoms with van der Waals surface area (Å²) in [6.07, 6.45) is -4.35. The van der Waals surface area contributed by atoms with E-state index in [0.29, 0.717) is 5.56 Å². The molecule has 1 aromatic rings. The number of halogens is 4. The summed E-state index contributed by atoms with van der Waals surface area (Å²) < 4.78 is 53.1. The normalized spacial score (nSPS) is 12.7. The Hall–Kier alpha value is -1.87. The Balaban J connectivity index is 2.40. The van der Waals surface area contributed by atoms with E-state index in [1.807, 2.05) is 0 Å². The molecule has 0 fully saturated rings. The van der Waals surface area contributed by atoms with Gasteiger partial charge in [-0.15, -0.1) is 0 Å². The molecule has 0 aliphatic heterocycles. The molecule has 0 heterocycles. The molecule has 1 rings (SSSR count). The van der Waals surface area contributed by atoms with Crippen LogP contribution < -0.4 is 11.1 Å². The maximum atomic E-state index is 13.3. The van der Waals surface area contributed by atoms with Crippen LogP contribution in [0, 0.1) is 5.82 Å². The van der Waals surface area contributed by atoms with Crippen molar-refractivity contribution >= 4 is 5.84 Å². The van der Waals surface area contributed by atoms with E-state index in [1.54, 1.807) is 0 Å². The summed E-state index contributed by atoms with van der Waals surface area (Å²) in [5.41, 5.74) is 6.07. The SMILES string of the molecule is N/C(=N/O)c1cc(F)cc(CNCCOCC(F)(F)F)c1. The zero-order valence-electron chi connectivity index (χ0n) is 11.0. The molecule has 0 aromatic heterocycles. The molecule has 0 saturated carbocycles. The second kappa shape index (κ2) is 7.79. The van der Waals surface area contributed by atoms with Gasteiger partial charge in [0.25, 0.3) is 0 Å². The first-order valence-electron chi connectivity index (χ1n) is 5.94. The highest BCUT2D eigenvalue weighted by Crippen LogP contribution is 2.14. The number of rotatable bonds is 7. The third kappa shape index (κ3) is 6.91. The number of hydrogen-bond acceptors (Lipinski definition) is 4. The molecular formula is C12H15F4N3O2. The number of amidine groups is 1. The van der Waals surface area contributed by atoms with Gasteiger partial charge in [0.15, 0.2) is 5.84 Å². The van der Waals surface area contributed by atoms with Gasteiger partial charge in [0.05, 0.1) is 6.61 Å². The zero-order valence-corrected chi connectivity index (χ0v) is 11.0. The zero-order chi connectivity index (χ0) is 15.9. The Kier molecular flexibility index (Phi) is 6.38. The molecule has 5 nitrogen and oxygen atoms in total. The molecule has 0 aliphatic carbocycles. The lowest BCUT2D eigenvalue weighted by atomic mass is 10.1. The average molecular weight is 309 g/mol. The van der Waals surface area contributed by atoms with Gasteiger partial charge in [-0.05, 0) is 23.8 Å². The molecule has 0 saturated heterocycles. The average Bonchev–Trinajstić information content (AvgIpc) is 2.40. The maximum absolute atomic E-state index is 13.3. The lowest BCUT2D eigenvalue weighted by Gasteiger charge is -2.09. The number of nitrogens with two attached hydrogens (primary N) is 1. The van der Waals surface area contributed by atoms with Crippen LogP contribution in [-0.2, 0) is 11.3 Å². The largest absolute Gasteiger partial charge is 0.411 e. The van der Waals surface area contributed by atoms with Crippen molar-refractivity contribution in [2.24, 2.45) is 10.9 Å². The first kappa shape index (κ1) is 17.2. The molecule has 0 spiro atoms. The van der Waals surface area contributed by atoms with Gasteiger partial charge in [0, 0.05) is 18.7 Å². The molecule has 0 unspecified atom stereocenters. The Morgan fingerprint density at radius 1 is 1.33 bits per heavy atom. The minimum absolute atomic E-state index is 0.123. The predicted molar refractivity (Wildman–Crippen MR) is 67.5 cm³/mol. The molecule has 4 N–H and O–H groups in total. The fraction of sp³-hybridized carbons (Fsp3) is 0.417. The molecule has 21 heavy (non-hydrogen) atoms. The Morgan fingerprint density at radius 2 is 2.05 bits per heavy atom. The van der Waals surface area contributed by atoms with Crippen LogP contribution in [0.2, 0.25) is 0 Å². The van der Waals surface area contributed by atoms with Crippen molar-refractivity contribution in [3.05, 3.63) is 35.1 Å². The summed E-state index contributed by atoms with van der Waals surface area (Å²) in [4.78, 5) is 0. The van der Waals surface area contributed by atoms with Gasteiger partial charge in [0.2, 0.25) is 0 Å². The summed E-state index contributed by atoms with van der Waals surface area (Å²) in [5.74, 6) is -0.798. The Bertz CT molecular complexity index is 492. The number of ether oxygens (including phenoxy) is 1. The highest BCUT2D eigenvalue weighted by molar-refractivity contribution is 5.97. The van der Waals surface area contributed by atoms with Crippen LogP contribution in [0.1, 0.15) is 11.1 Å². The summed E-state index contributed by atoms with van der Waals surface area (Å²) in [6.45, 7) is -1.05. The number of oxime groups is 1. The predicted octanol–water partition coefficient (Wildman–Crippen LogP) is 1.59. The van der Waals surface area contributed by atoms with Crippen molar-refractivity contribution in [3.8, 4) is 0 Å². The van der Waals surface area contributed by atoms with E-state index in [4.69, 9.17) is 10.9 Å². The van der Waals surface area contributed by atoms with Crippen molar-refractivity contribution in [2.75, 3.05) is 19.8 Å². The van der Waals surface area contributed by atoms with E-state index in [0.717, 1.165) is 6.07 Å². The number of alkyl halides is 3. The third-order valence-electron chi connectivity index (χ3n) is 2.38. The molecule has 0 atom stereocenters. The molecule has 1 aromatic carbocycles. The Labute approximate surface area is 118 Å². The van der Waals surface area contributed by atoms with E-state index in [2.05, 4.69) is 15.2 Å². The highest BCUT2D eigenvalue weighted by Gasteiger charge is 2.27. The van der Waals surface area contributed by atoms with Gasteiger partial charge in [-0.2, -0.15) is 13.2 Å². The van der Waals surface area contributed by atoms with Crippen LogP contribution in [0.5, 0.6) is 0 Å². The van der Waals surface area contributed by atoms with Crippen LogP contribution in [-0.4, -0.2) is 37.0 Å². The molecule has 118 valence electrons. The molecule has 0 aliphatic rings.